The third kappa shape index (κ3) is 3.06. The first kappa shape index (κ1) is 16.7. The summed E-state index contributed by atoms with van der Waals surface area (Å²) in [6.07, 6.45) is 0. The number of nitrogens with one attached hydrogen (secondary N) is 1. The van der Waals surface area contributed by atoms with Crippen molar-refractivity contribution in [1.82, 2.24) is 5.16 Å². The molecule has 1 N–H and O–H groups in total. The average molecular weight is 415 g/mol. The van der Waals surface area contributed by atoms with Crippen molar-refractivity contribution >= 4 is 27.5 Å². The van der Waals surface area contributed by atoms with E-state index in [1.807, 2.05) is 30.3 Å². The Balaban J connectivity index is 1.67. The predicted molar refractivity (Wildman–Crippen MR) is 99.8 cm³/mol. The summed E-state index contributed by atoms with van der Waals surface area (Å²) in [6, 6.07) is 13.0. The Morgan fingerprint density at radius 1 is 1.12 bits per heavy atom. The van der Waals surface area contributed by atoms with Crippen LogP contribution in [0.25, 0.3) is 11.3 Å². The number of amides is 1. The number of benzene rings is 2. The quantitative estimate of drug-likeness (QED) is 0.685. The highest BCUT2D eigenvalue weighted by molar-refractivity contribution is 9.10. The summed E-state index contributed by atoms with van der Waals surface area (Å²) < 4.78 is 17.1. The van der Waals surface area contributed by atoms with Crippen LogP contribution in [0.2, 0.25) is 0 Å². The van der Waals surface area contributed by atoms with E-state index in [0.717, 1.165) is 5.56 Å². The molecule has 0 bridgehead atoms. The molecule has 0 saturated heterocycles. The van der Waals surface area contributed by atoms with Crippen molar-refractivity contribution in [2.75, 3.05) is 18.5 Å². The highest BCUT2D eigenvalue weighted by Gasteiger charge is 2.23. The number of ether oxygens (including phenoxy) is 2. The van der Waals surface area contributed by atoms with Crippen LogP contribution in [-0.4, -0.2) is 24.3 Å². The molecule has 0 fully saturated rings. The SMILES string of the molecule is Cc1onc(-c2ccccc2)c1C(=O)Nc1cc2c(cc1Br)OCCO2. The van der Waals surface area contributed by atoms with Gasteiger partial charge in [0, 0.05) is 22.2 Å². The van der Waals surface area contributed by atoms with Crippen LogP contribution in [0.1, 0.15) is 16.1 Å². The van der Waals surface area contributed by atoms with Crippen molar-refractivity contribution in [3.63, 3.8) is 0 Å². The second-order valence-electron chi connectivity index (χ2n) is 5.76. The minimum absolute atomic E-state index is 0.306. The van der Waals surface area contributed by atoms with Crippen molar-refractivity contribution in [2.24, 2.45) is 0 Å². The van der Waals surface area contributed by atoms with E-state index in [-0.39, 0.29) is 5.91 Å². The summed E-state index contributed by atoms with van der Waals surface area (Å²) in [5, 5.41) is 6.94. The molecule has 2 aromatic carbocycles. The molecule has 1 amide bonds. The molecule has 0 aliphatic carbocycles. The Bertz CT molecular complexity index is 969. The molecule has 3 aromatic rings. The first-order valence-corrected chi connectivity index (χ1v) is 8.85. The van der Waals surface area contributed by atoms with E-state index in [1.54, 1.807) is 19.1 Å². The van der Waals surface area contributed by atoms with Gasteiger partial charge in [0.05, 0.1) is 5.69 Å². The topological polar surface area (TPSA) is 73.6 Å². The van der Waals surface area contributed by atoms with Crippen LogP contribution < -0.4 is 14.8 Å². The Morgan fingerprint density at radius 2 is 1.81 bits per heavy atom. The largest absolute Gasteiger partial charge is 0.486 e. The number of anilines is 1. The van der Waals surface area contributed by atoms with Gasteiger partial charge in [-0.1, -0.05) is 35.5 Å². The molecule has 132 valence electrons. The van der Waals surface area contributed by atoms with E-state index < -0.39 is 0 Å². The van der Waals surface area contributed by atoms with Crippen LogP contribution >= 0.6 is 15.9 Å². The van der Waals surface area contributed by atoms with Gasteiger partial charge >= 0.3 is 0 Å². The molecular formula is C19H15BrN2O4. The van der Waals surface area contributed by atoms with Crippen molar-refractivity contribution < 1.29 is 18.8 Å². The molecule has 1 aromatic heterocycles. The fourth-order valence-electron chi connectivity index (χ4n) is 2.78. The van der Waals surface area contributed by atoms with Crippen molar-refractivity contribution in [1.29, 1.82) is 0 Å². The number of aromatic nitrogens is 1. The van der Waals surface area contributed by atoms with Gasteiger partial charge in [0.1, 0.15) is 30.2 Å². The highest BCUT2D eigenvalue weighted by atomic mass is 79.9. The van der Waals surface area contributed by atoms with Crippen molar-refractivity contribution in [2.45, 2.75) is 6.92 Å². The standard InChI is InChI=1S/C19H15BrN2O4/c1-11-17(18(22-26-11)12-5-3-2-4-6-12)19(23)21-14-10-16-15(9-13(14)20)24-7-8-25-16/h2-6,9-10H,7-8H2,1H3,(H,21,23). The molecule has 1 aliphatic rings. The summed E-state index contributed by atoms with van der Waals surface area (Å²) in [4.78, 5) is 12.9. The fraction of sp³-hybridized carbons (Fsp3) is 0.158. The average Bonchev–Trinajstić information content (AvgIpc) is 3.04. The van der Waals surface area contributed by atoms with Gasteiger partial charge in [-0.15, -0.1) is 0 Å². The summed E-state index contributed by atoms with van der Waals surface area (Å²) in [5.41, 5.74) is 2.31. The van der Waals surface area contributed by atoms with Crippen LogP contribution in [0, 0.1) is 6.92 Å². The number of carbonyl (C=O) groups is 1. The second kappa shape index (κ2) is 6.84. The van der Waals surface area contributed by atoms with E-state index in [1.165, 1.54) is 0 Å². The van der Waals surface area contributed by atoms with E-state index in [4.69, 9.17) is 14.0 Å². The molecule has 0 radical (unpaired) electrons. The molecule has 26 heavy (non-hydrogen) atoms. The van der Waals surface area contributed by atoms with E-state index in [9.17, 15) is 4.79 Å². The number of fused-ring (bicyclic) bond motifs is 1. The lowest BCUT2D eigenvalue weighted by Crippen LogP contribution is -2.17. The van der Waals surface area contributed by atoms with Crippen LogP contribution in [0.4, 0.5) is 5.69 Å². The van der Waals surface area contributed by atoms with Crippen LogP contribution in [0.3, 0.4) is 0 Å². The lowest BCUT2D eigenvalue weighted by Gasteiger charge is -2.20. The van der Waals surface area contributed by atoms with Gasteiger partial charge in [-0.3, -0.25) is 4.79 Å². The number of halogens is 1. The summed E-state index contributed by atoms with van der Waals surface area (Å²) >= 11 is 3.46. The number of hydrogen-bond donors (Lipinski definition) is 1. The molecule has 0 atom stereocenters. The normalized spacial score (nSPS) is 12.7. The predicted octanol–water partition coefficient (Wildman–Crippen LogP) is 4.44. The summed E-state index contributed by atoms with van der Waals surface area (Å²) in [5.74, 6) is 1.39. The maximum atomic E-state index is 12.9. The van der Waals surface area contributed by atoms with Crippen LogP contribution in [0.15, 0.2) is 51.5 Å². The summed E-state index contributed by atoms with van der Waals surface area (Å²) in [7, 11) is 0. The van der Waals surface area contributed by atoms with Crippen LogP contribution in [-0.2, 0) is 0 Å². The monoisotopic (exact) mass is 414 g/mol. The molecule has 1 aliphatic heterocycles. The van der Waals surface area contributed by atoms with Gasteiger partial charge in [-0.2, -0.15) is 0 Å². The van der Waals surface area contributed by atoms with E-state index in [2.05, 4.69) is 26.4 Å². The van der Waals surface area contributed by atoms with Crippen molar-refractivity contribution in [3.8, 4) is 22.8 Å². The maximum absolute atomic E-state index is 12.9. The van der Waals surface area contributed by atoms with Gasteiger partial charge in [0.15, 0.2) is 11.5 Å². The lowest BCUT2D eigenvalue weighted by atomic mass is 10.1. The Hall–Kier alpha value is -2.80. The van der Waals surface area contributed by atoms with Gasteiger partial charge in [-0.05, 0) is 22.9 Å². The Morgan fingerprint density at radius 3 is 2.54 bits per heavy atom. The molecule has 4 rings (SSSR count). The molecule has 0 spiro atoms. The molecule has 0 saturated carbocycles. The van der Waals surface area contributed by atoms with Crippen molar-refractivity contribution in [3.05, 3.63) is 58.3 Å². The van der Waals surface area contributed by atoms with Crippen LogP contribution in [0.5, 0.6) is 11.5 Å². The zero-order valence-electron chi connectivity index (χ0n) is 13.9. The number of rotatable bonds is 3. The van der Waals surface area contributed by atoms with Gasteiger partial charge in [0.25, 0.3) is 5.91 Å². The van der Waals surface area contributed by atoms with Gasteiger partial charge in [-0.25, -0.2) is 0 Å². The maximum Gasteiger partial charge on any atom is 0.261 e. The lowest BCUT2D eigenvalue weighted by molar-refractivity contribution is 0.102. The highest BCUT2D eigenvalue weighted by Crippen LogP contribution is 2.38. The third-order valence-corrected chi connectivity index (χ3v) is 4.67. The smallest absolute Gasteiger partial charge is 0.261 e. The Labute approximate surface area is 158 Å². The molecule has 0 unspecified atom stereocenters. The minimum Gasteiger partial charge on any atom is -0.486 e. The van der Waals surface area contributed by atoms with Gasteiger partial charge < -0.3 is 19.3 Å². The number of hydrogen-bond acceptors (Lipinski definition) is 5. The zero-order chi connectivity index (χ0) is 18.1. The molecule has 6 nitrogen and oxygen atoms in total. The first-order valence-electron chi connectivity index (χ1n) is 8.05. The third-order valence-electron chi connectivity index (χ3n) is 4.02. The zero-order valence-corrected chi connectivity index (χ0v) is 15.5. The minimum atomic E-state index is -0.306. The fourth-order valence-corrected chi connectivity index (χ4v) is 3.20. The summed E-state index contributed by atoms with van der Waals surface area (Å²) in [6.45, 7) is 2.70. The first-order chi connectivity index (χ1) is 12.6. The number of aryl methyl sites for hydroxylation is 1. The second-order valence-corrected chi connectivity index (χ2v) is 6.61. The Kier molecular flexibility index (Phi) is 4.38. The number of nitrogens with zero attached hydrogens (tertiary/aromatic N) is 1. The molecular weight excluding hydrogens is 400 g/mol. The molecule has 7 heteroatoms. The van der Waals surface area contributed by atoms with Gasteiger partial charge in [0.2, 0.25) is 0 Å². The number of carbonyl (C=O) groups excluding carboxylic acids is 1. The van der Waals surface area contributed by atoms with E-state index >= 15 is 0 Å². The molecule has 2 heterocycles. The van der Waals surface area contributed by atoms with E-state index in [0.29, 0.717) is 51.9 Å².